The van der Waals surface area contributed by atoms with E-state index in [4.69, 9.17) is 0 Å². The smallest absolute Gasteiger partial charge is 0.143 e. The molecule has 3 nitrogen and oxygen atoms in total. The fraction of sp³-hybridized carbons (Fsp3) is 0.600. The third-order valence-electron chi connectivity index (χ3n) is 1.88. The van der Waals surface area contributed by atoms with Crippen LogP contribution < -0.4 is 5.32 Å². The Bertz CT molecular complexity index is 288. The molecule has 0 spiro atoms. The van der Waals surface area contributed by atoms with Crippen LogP contribution in [0.15, 0.2) is 17.0 Å². The van der Waals surface area contributed by atoms with Crippen molar-refractivity contribution < 1.29 is 0 Å². The maximum Gasteiger partial charge on any atom is 0.143 e. The molecular formula is C10H16BrN3. The van der Waals surface area contributed by atoms with Crippen LogP contribution in [-0.4, -0.2) is 16.0 Å². The third-order valence-corrected chi connectivity index (χ3v) is 2.46. The molecule has 1 aromatic heterocycles. The largest absolute Gasteiger partial charge is 0.367 e. The van der Waals surface area contributed by atoms with Gasteiger partial charge < -0.3 is 5.32 Å². The molecule has 78 valence electrons. The summed E-state index contributed by atoms with van der Waals surface area (Å²) in [5, 5.41) is 3.34. The average Bonchev–Trinajstić information content (AvgIpc) is 2.07. The molecule has 0 aromatic carbocycles. The predicted octanol–water partition coefficient (Wildman–Crippen LogP) is 3.09. The van der Waals surface area contributed by atoms with Crippen molar-refractivity contribution in [1.82, 2.24) is 9.97 Å². The van der Waals surface area contributed by atoms with Gasteiger partial charge in [-0.2, -0.15) is 0 Å². The highest BCUT2D eigenvalue weighted by molar-refractivity contribution is 9.10. The van der Waals surface area contributed by atoms with Crippen molar-refractivity contribution in [2.45, 2.75) is 33.2 Å². The highest BCUT2D eigenvalue weighted by atomic mass is 79.9. The van der Waals surface area contributed by atoms with Crippen molar-refractivity contribution in [3.8, 4) is 0 Å². The first kappa shape index (κ1) is 11.4. The fourth-order valence-corrected chi connectivity index (χ4v) is 1.75. The Morgan fingerprint density at radius 3 is 2.71 bits per heavy atom. The van der Waals surface area contributed by atoms with E-state index in [1.165, 1.54) is 0 Å². The maximum absolute atomic E-state index is 4.16. The molecule has 0 bridgehead atoms. The first-order chi connectivity index (χ1) is 6.59. The van der Waals surface area contributed by atoms with E-state index < -0.39 is 0 Å². The van der Waals surface area contributed by atoms with Crippen molar-refractivity contribution in [2.24, 2.45) is 5.92 Å². The van der Waals surface area contributed by atoms with Gasteiger partial charge in [0.25, 0.3) is 0 Å². The molecule has 1 atom stereocenters. The van der Waals surface area contributed by atoms with E-state index in [1.807, 2.05) is 0 Å². The minimum atomic E-state index is 0.432. The molecule has 1 N–H and O–H groups in total. The molecule has 0 radical (unpaired) electrons. The maximum atomic E-state index is 4.16. The Labute approximate surface area is 93.5 Å². The van der Waals surface area contributed by atoms with E-state index in [9.17, 15) is 0 Å². The van der Waals surface area contributed by atoms with E-state index in [0.29, 0.717) is 12.0 Å². The molecule has 1 rings (SSSR count). The van der Waals surface area contributed by atoms with Gasteiger partial charge in [0, 0.05) is 12.2 Å². The quantitative estimate of drug-likeness (QED) is 0.901. The van der Waals surface area contributed by atoms with Crippen molar-refractivity contribution in [2.75, 3.05) is 5.32 Å². The van der Waals surface area contributed by atoms with Gasteiger partial charge in [-0.15, -0.1) is 0 Å². The molecule has 0 saturated carbocycles. The van der Waals surface area contributed by atoms with Crippen molar-refractivity contribution in [3.63, 3.8) is 0 Å². The van der Waals surface area contributed by atoms with Crippen molar-refractivity contribution >= 4 is 21.7 Å². The Morgan fingerprint density at radius 1 is 1.43 bits per heavy atom. The Hall–Kier alpha value is -0.640. The molecule has 0 fully saturated rings. The molecule has 0 amide bonds. The lowest BCUT2D eigenvalue weighted by Gasteiger charge is -2.16. The predicted molar refractivity (Wildman–Crippen MR) is 62.3 cm³/mol. The van der Waals surface area contributed by atoms with Gasteiger partial charge in [0.05, 0.1) is 4.47 Å². The van der Waals surface area contributed by atoms with Crippen molar-refractivity contribution in [3.05, 3.63) is 17.0 Å². The molecule has 0 aliphatic carbocycles. The number of nitrogens with zero attached hydrogens (tertiary/aromatic N) is 2. The van der Waals surface area contributed by atoms with Gasteiger partial charge in [0.15, 0.2) is 0 Å². The lowest BCUT2D eigenvalue weighted by molar-refractivity contribution is 0.538. The topological polar surface area (TPSA) is 37.8 Å². The van der Waals surface area contributed by atoms with Crippen molar-refractivity contribution in [1.29, 1.82) is 0 Å². The Morgan fingerprint density at radius 2 is 2.14 bits per heavy atom. The molecule has 1 unspecified atom stereocenters. The van der Waals surface area contributed by atoms with Crippen LogP contribution in [0.2, 0.25) is 0 Å². The molecule has 0 aliphatic rings. The summed E-state index contributed by atoms with van der Waals surface area (Å²) in [5.74, 6) is 1.56. The van der Waals surface area contributed by atoms with Crippen LogP contribution in [0.3, 0.4) is 0 Å². The summed E-state index contributed by atoms with van der Waals surface area (Å²) in [6, 6.07) is 0.432. The number of hydrogen-bond acceptors (Lipinski definition) is 3. The van der Waals surface area contributed by atoms with Crippen LogP contribution in [0.5, 0.6) is 0 Å². The first-order valence-electron chi connectivity index (χ1n) is 4.81. The van der Waals surface area contributed by atoms with E-state index in [0.717, 1.165) is 16.7 Å². The second kappa shape index (κ2) is 5.29. The molecule has 14 heavy (non-hydrogen) atoms. The fourth-order valence-electron chi connectivity index (χ4n) is 1.42. The SMILES string of the molecule is CC(C)CC(C)Nc1ncncc1Br. The molecule has 4 heteroatoms. The Kier molecular flexibility index (Phi) is 4.32. The molecule has 0 aliphatic heterocycles. The number of anilines is 1. The minimum absolute atomic E-state index is 0.432. The first-order valence-corrected chi connectivity index (χ1v) is 5.61. The zero-order valence-corrected chi connectivity index (χ0v) is 10.4. The molecule has 1 heterocycles. The average molecular weight is 258 g/mol. The van der Waals surface area contributed by atoms with Gasteiger partial charge >= 0.3 is 0 Å². The van der Waals surface area contributed by atoms with Crippen LogP contribution in [-0.2, 0) is 0 Å². The van der Waals surface area contributed by atoms with Gasteiger partial charge in [-0.05, 0) is 35.2 Å². The van der Waals surface area contributed by atoms with Crippen LogP contribution in [0.1, 0.15) is 27.2 Å². The standard InChI is InChI=1S/C10H16BrN3/c1-7(2)4-8(3)14-10-9(11)5-12-6-13-10/h5-8H,4H2,1-3H3,(H,12,13,14). The number of hydrogen-bond donors (Lipinski definition) is 1. The van der Waals surface area contributed by atoms with Crippen LogP contribution >= 0.6 is 15.9 Å². The van der Waals surface area contributed by atoms with Gasteiger partial charge in [-0.3, -0.25) is 0 Å². The van der Waals surface area contributed by atoms with Gasteiger partial charge in [-0.1, -0.05) is 13.8 Å². The van der Waals surface area contributed by atoms with Gasteiger partial charge in [-0.25, -0.2) is 9.97 Å². The number of nitrogens with one attached hydrogen (secondary N) is 1. The van der Waals surface area contributed by atoms with E-state index in [1.54, 1.807) is 12.5 Å². The summed E-state index contributed by atoms with van der Waals surface area (Å²) < 4.78 is 0.913. The lowest BCUT2D eigenvalue weighted by Crippen LogP contribution is -2.18. The van der Waals surface area contributed by atoms with E-state index >= 15 is 0 Å². The monoisotopic (exact) mass is 257 g/mol. The van der Waals surface area contributed by atoms with Gasteiger partial charge in [0.1, 0.15) is 12.1 Å². The van der Waals surface area contributed by atoms with Crippen LogP contribution in [0.4, 0.5) is 5.82 Å². The Balaban J connectivity index is 2.56. The van der Waals surface area contributed by atoms with Gasteiger partial charge in [0.2, 0.25) is 0 Å². The molecular weight excluding hydrogens is 242 g/mol. The lowest BCUT2D eigenvalue weighted by atomic mass is 10.1. The molecule has 1 aromatic rings. The third kappa shape index (κ3) is 3.62. The normalized spacial score (nSPS) is 12.9. The highest BCUT2D eigenvalue weighted by Gasteiger charge is 2.07. The summed E-state index contributed by atoms with van der Waals surface area (Å²) in [5.41, 5.74) is 0. The second-order valence-corrected chi connectivity index (χ2v) is 4.75. The molecule has 0 saturated heterocycles. The summed E-state index contributed by atoms with van der Waals surface area (Å²) in [4.78, 5) is 8.07. The second-order valence-electron chi connectivity index (χ2n) is 3.89. The summed E-state index contributed by atoms with van der Waals surface area (Å²) in [7, 11) is 0. The van der Waals surface area contributed by atoms with E-state index in [-0.39, 0.29) is 0 Å². The zero-order chi connectivity index (χ0) is 10.6. The summed E-state index contributed by atoms with van der Waals surface area (Å²) >= 11 is 3.40. The summed E-state index contributed by atoms with van der Waals surface area (Å²) in [6.07, 6.45) is 4.43. The summed E-state index contributed by atoms with van der Waals surface area (Å²) in [6.45, 7) is 6.59. The van der Waals surface area contributed by atoms with Crippen LogP contribution in [0, 0.1) is 5.92 Å². The minimum Gasteiger partial charge on any atom is -0.367 e. The number of aromatic nitrogens is 2. The number of rotatable bonds is 4. The highest BCUT2D eigenvalue weighted by Crippen LogP contribution is 2.19. The zero-order valence-electron chi connectivity index (χ0n) is 8.79. The van der Waals surface area contributed by atoms with E-state index in [2.05, 4.69) is 52.0 Å². The number of halogens is 1. The van der Waals surface area contributed by atoms with Crippen LogP contribution in [0.25, 0.3) is 0 Å².